The maximum atomic E-state index is 10.9. The number of hydrogen-bond acceptors (Lipinski definition) is 4. The molecule has 1 aliphatic carbocycles. The summed E-state index contributed by atoms with van der Waals surface area (Å²) in [7, 11) is 0. The Kier molecular flexibility index (Phi) is 3.87. The van der Waals surface area contributed by atoms with Gasteiger partial charge >= 0.3 is 0 Å². The number of rotatable bonds is 5. The summed E-state index contributed by atoms with van der Waals surface area (Å²) in [5, 5.41) is 0. The number of ether oxygens (including phenoxy) is 1. The van der Waals surface area contributed by atoms with E-state index < -0.39 is 0 Å². The molecule has 5 nitrogen and oxygen atoms in total. The highest BCUT2D eigenvalue weighted by molar-refractivity contribution is 5.73. The summed E-state index contributed by atoms with van der Waals surface area (Å²) in [6, 6.07) is 3.86. The molecular weight excluding hydrogens is 254 g/mol. The molecule has 0 radical (unpaired) electrons. The SMILES string of the molecule is NC(=O)CCN1C[C@H]2CC[C@@H](Oc3cccnc3)[C@H]2C1. The van der Waals surface area contributed by atoms with Crippen LogP contribution in [0.5, 0.6) is 5.75 Å². The minimum Gasteiger partial charge on any atom is -0.488 e. The number of carbonyl (C=O) groups excluding carboxylic acids is 1. The molecule has 1 aromatic rings. The first-order chi connectivity index (χ1) is 9.72. The third-order valence-electron chi connectivity index (χ3n) is 4.46. The second kappa shape index (κ2) is 5.79. The van der Waals surface area contributed by atoms with Crippen molar-refractivity contribution < 1.29 is 9.53 Å². The van der Waals surface area contributed by atoms with Gasteiger partial charge in [0.05, 0.1) is 6.20 Å². The Morgan fingerprint density at radius 3 is 3.10 bits per heavy atom. The summed E-state index contributed by atoms with van der Waals surface area (Å²) in [6.07, 6.45) is 6.59. The van der Waals surface area contributed by atoms with Crippen molar-refractivity contribution in [3.05, 3.63) is 24.5 Å². The van der Waals surface area contributed by atoms with E-state index in [-0.39, 0.29) is 12.0 Å². The molecule has 2 aliphatic rings. The summed E-state index contributed by atoms with van der Waals surface area (Å²) in [6.45, 7) is 2.87. The highest BCUT2D eigenvalue weighted by atomic mass is 16.5. The van der Waals surface area contributed by atoms with Crippen molar-refractivity contribution >= 4 is 5.91 Å². The third-order valence-corrected chi connectivity index (χ3v) is 4.46. The van der Waals surface area contributed by atoms with E-state index in [9.17, 15) is 4.79 Å². The van der Waals surface area contributed by atoms with Gasteiger partial charge in [-0.3, -0.25) is 9.78 Å². The molecule has 2 N–H and O–H groups in total. The van der Waals surface area contributed by atoms with Crippen molar-refractivity contribution in [3.8, 4) is 5.75 Å². The van der Waals surface area contributed by atoms with Crippen molar-refractivity contribution in [2.45, 2.75) is 25.4 Å². The zero-order valence-corrected chi connectivity index (χ0v) is 11.6. The fourth-order valence-corrected chi connectivity index (χ4v) is 3.50. The van der Waals surface area contributed by atoms with E-state index in [2.05, 4.69) is 9.88 Å². The fraction of sp³-hybridized carbons (Fsp3) is 0.600. The first-order valence-electron chi connectivity index (χ1n) is 7.29. The summed E-state index contributed by atoms with van der Waals surface area (Å²) in [4.78, 5) is 17.3. The minimum atomic E-state index is -0.217. The summed E-state index contributed by atoms with van der Waals surface area (Å²) in [5.74, 6) is 1.91. The average Bonchev–Trinajstić information content (AvgIpc) is 2.99. The Morgan fingerprint density at radius 1 is 1.45 bits per heavy atom. The first-order valence-corrected chi connectivity index (χ1v) is 7.29. The molecule has 5 heteroatoms. The number of amides is 1. The van der Waals surface area contributed by atoms with Gasteiger partial charge in [0.25, 0.3) is 0 Å². The minimum absolute atomic E-state index is 0.217. The molecule has 2 fully saturated rings. The van der Waals surface area contributed by atoms with Crippen LogP contribution in [0.15, 0.2) is 24.5 Å². The average molecular weight is 275 g/mol. The lowest BCUT2D eigenvalue weighted by atomic mass is 9.99. The van der Waals surface area contributed by atoms with E-state index in [0.717, 1.165) is 31.8 Å². The largest absolute Gasteiger partial charge is 0.488 e. The topological polar surface area (TPSA) is 68.5 Å². The number of nitrogens with zero attached hydrogens (tertiary/aromatic N) is 2. The van der Waals surface area contributed by atoms with Crippen molar-refractivity contribution in [2.75, 3.05) is 19.6 Å². The number of hydrogen-bond donors (Lipinski definition) is 1. The molecule has 0 spiro atoms. The van der Waals surface area contributed by atoms with Crippen LogP contribution in [0.1, 0.15) is 19.3 Å². The number of pyridine rings is 1. The van der Waals surface area contributed by atoms with E-state index in [1.165, 1.54) is 6.42 Å². The van der Waals surface area contributed by atoms with E-state index in [4.69, 9.17) is 10.5 Å². The van der Waals surface area contributed by atoms with Gasteiger partial charge < -0.3 is 15.4 Å². The Hall–Kier alpha value is -1.62. The molecule has 0 unspecified atom stereocenters. The first kappa shape index (κ1) is 13.4. The van der Waals surface area contributed by atoms with Gasteiger partial charge in [-0.25, -0.2) is 0 Å². The maximum Gasteiger partial charge on any atom is 0.218 e. The van der Waals surface area contributed by atoms with Crippen LogP contribution in [0, 0.1) is 11.8 Å². The van der Waals surface area contributed by atoms with E-state index in [1.807, 2.05) is 12.1 Å². The van der Waals surface area contributed by atoms with Crippen LogP contribution in [0.3, 0.4) is 0 Å². The Labute approximate surface area is 119 Å². The van der Waals surface area contributed by atoms with Crippen molar-refractivity contribution in [3.63, 3.8) is 0 Å². The van der Waals surface area contributed by atoms with Crippen molar-refractivity contribution in [1.82, 2.24) is 9.88 Å². The lowest BCUT2D eigenvalue weighted by molar-refractivity contribution is -0.118. The molecule has 1 saturated carbocycles. The third kappa shape index (κ3) is 2.93. The summed E-state index contributed by atoms with van der Waals surface area (Å²) in [5.41, 5.74) is 5.22. The summed E-state index contributed by atoms with van der Waals surface area (Å²) >= 11 is 0. The number of fused-ring (bicyclic) bond motifs is 1. The molecule has 1 aromatic heterocycles. The van der Waals surface area contributed by atoms with Gasteiger partial charge in [-0.05, 0) is 30.9 Å². The quantitative estimate of drug-likeness (QED) is 0.872. The van der Waals surface area contributed by atoms with Gasteiger partial charge in [-0.2, -0.15) is 0 Å². The van der Waals surface area contributed by atoms with E-state index >= 15 is 0 Å². The molecule has 108 valence electrons. The highest BCUT2D eigenvalue weighted by Gasteiger charge is 2.43. The van der Waals surface area contributed by atoms with E-state index in [0.29, 0.717) is 18.3 Å². The van der Waals surface area contributed by atoms with Gasteiger partial charge in [-0.15, -0.1) is 0 Å². The van der Waals surface area contributed by atoms with Gasteiger partial charge in [0.15, 0.2) is 0 Å². The zero-order chi connectivity index (χ0) is 13.9. The van der Waals surface area contributed by atoms with Crippen LogP contribution in [0.4, 0.5) is 0 Å². The lowest BCUT2D eigenvalue weighted by Crippen LogP contribution is -2.30. The van der Waals surface area contributed by atoms with Crippen LogP contribution in [0.25, 0.3) is 0 Å². The summed E-state index contributed by atoms with van der Waals surface area (Å²) < 4.78 is 6.08. The smallest absolute Gasteiger partial charge is 0.218 e. The van der Waals surface area contributed by atoms with Crippen LogP contribution < -0.4 is 10.5 Å². The fourth-order valence-electron chi connectivity index (χ4n) is 3.50. The number of nitrogens with two attached hydrogens (primary N) is 1. The normalized spacial score (nSPS) is 29.3. The van der Waals surface area contributed by atoms with Gasteiger partial charge in [0.1, 0.15) is 11.9 Å². The van der Waals surface area contributed by atoms with Gasteiger partial charge in [-0.1, -0.05) is 0 Å². The Balaban J connectivity index is 1.56. The van der Waals surface area contributed by atoms with Crippen LogP contribution in [-0.4, -0.2) is 41.5 Å². The molecule has 0 aromatic carbocycles. The molecule has 3 rings (SSSR count). The predicted molar refractivity (Wildman–Crippen MR) is 75.1 cm³/mol. The highest BCUT2D eigenvalue weighted by Crippen LogP contribution is 2.40. The molecule has 0 bridgehead atoms. The molecule has 3 atom stereocenters. The second-order valence-electron chi connectivity index (χ2n) is 5.82. The Morgan fingerprint density at radius 2 is 2.35 bits per heavy atom. The zero-order valence-electron chi connectivity index (χ0n) is 11.6. The molecule has 2 heterocycles. The predicted octanol–water partition coefficient (Wildman–Crippen LogP) is 1.05. The molecule has 20 heavy (non-hydrogen) atoms. The number of likely N-dealkylation sites (tertiary alicyclic amines) is 1. The van der Waals surface area contributed by atoms with Crippen molar-refractivity contribution in [2.24, 2.45) is 17.6 Å². The molecule has 1 saturated heterocycles. The van der Waals surface area contributed by atoms with Crippen LogP contribution in [-0.2, 0) is 4.79 Å². The van der Waals surface area contributed by atoms with E-state index in [1.54, 1.807) is 12.4 Å². The Bertz CT molecular complexity index is 465. The standard InChI is InChI=1S/C15H21N3O2/c16-15(19)5-7-18-9-11-3-4-14(13(11)10-18)20-12-2-1-6-17-8-12/h1-2,6,8,11,13-14H,3-5,7,9-10H2,(H2,16,19)/t11-,13+,14-/m1/s1. The van der Waals surface area contributed by atoms with Gasteiger partial charge in [0.2, 0.25) is 5.91 Å². The van der Waals surface area contributed by atoms with Crippen molar-refractivity contribution in [1.29, 1.82) is 0 Å². The van der Waals surface area contributed by atoms with Gasteiger partial charge in [0, 0.05) is 38.2 Å². The maximum absolute atomic E-state index is 10.9. The number of aromatic nitrogens is 1. The number of carbonyl (C=O) groups is 1. The lowest BCUT2D eigenvalue weighted by Gasteiger charge is -2.21. The molecule has 1 amide bonds. The second-order valence-corrected chi connectivity index (χ2v) is 5.82. The van der Waals surface area contributed by atoms with Crippen LogP contribution in [0.2, 0.25) is 0 Å². The molecule has 1 aliphatic heterocycles. The number of primary amides is 1. The molecular formula is C15H21N3O2. The van der Waals surface area contributed by atoms with Crippen LogP contribution >= 0.6 is 0 Å². The monoisotopic (exact) mass is 275 g/mol.